The minimum Gasteiger partial charge on any atom is -0.502 e. The number of nitro groups is 1. The zero-order chi connectivity index (χ0) is 19.3. The number of aromatic hydroxyl groups is 1. The van der Waals surface area contributed by atoms with Crippen molar-refractivity contribution in [1.29, 1.82) is 0 Å². The van der Waals surface area contributed by atoms with Gasteiger partial charge in [0.1, 0.15) is 0 Å². The predicted octanol–water partition coefficient (Wildman–Crippen LogP) is 3.64. The number of alkyl halides is 3. The van der Waals surface area contributed by atoms with Crippen LogP contribution in [0.1, 0.15) is 11.1 Å². The first kappa shape index (κ1) is 19.1. The normalized spacial score (nSPS) is 11.3. The van der Waals surface area contributed by atoms with Crippen LogP contribution in [0.25, 0.3) is 0 Å². The summed E-state index contributed by atoms with van der Waals surface area (Å²) in [6, 6.07) is 8.35. The van der Waals surface area contributed by atoms with Crippen LogP contribution >= 0.6 is 12.2 Å². The molecule has 0 saturated carbocycles. The van der Waals surface area contributed by atoms with Crippen LogP contribution in [0.2, 0.25) is 0 Å². The molecule has 0 bridgehead atoms. The fourth-order valence-corrected chi connectivity index (χ4v) is 2.08. The number of benzene rings is 2. The second kappa shape index (κ2) is 7.78. The number of hydrazone groups is 1. The lowest BCUT2D eigenvalue weighted by Gasteiger charge is -2.14. The zero-order valence-electron chi connectivity index (χ0n) is 12.8. The highest BCUT2D eigenvalue weighted by Crippen LogP contribution is 2.34. The maximum atomic E-state index is 12.9. The Morgan fingerprint density at radius 2 is 1.96 bits per heavy atom. The largest absolute Gasteiger partial charge is 0.502 e. The molecule has 2 rings (SSSR count). The molecule has 0 aromatic heterocycles. The number of nitrogens with zero attached hydrogens (tertiary/aromatic N) is 2. The summed E-state index contributed by atoms with van der Waals surface area (Å²) in [7, 11) is 0. The van der Waals surface area contributed by atoms with Gasteiger partial charge >= 0.3 is 11.9 Å². The van der Waals surface area contributed by atoms with Crippen molar-refractivity contribution in [3.05, 3.63) is 63.7 Å². The minimum atomic E-state index is -4.55. The van der Waals surface area contributed by atoms with Gasteiger partial charge in [0, 0.05) is 11.6 Å². The molecule has 0 amide bonds. The molecule has 0 atom stereocenters. The molecule has 0 unspecified atom stereocenters. The Balaban J connectivity index is 2.05. The topological polar surface area (TPSA) is 99.8 Å². The van der Waals surface area contributed by atoms with E-state index < -0.39 is 28.1 Å². The van der Waals surface area contributed by atoms with Crippen LogP contribution in [0.3, 0.4) is 0 Å². The molecule has 0 fully saturated rings. The Kier molecular flexibility index (Phi) is 5.72. The second-order valence-electron chi connectivity index (χ2n) is 4.87. The number of hydrogen-bond donors (Lipinski definition) is 3. The van der Waals surface area contributed by atoms with E-state index in [0.29, 0.717) is 0 Å². The van der Waals surface area contributed by atoms with Crippen LogP contribution in [0.5, 0.6) is 5.75 Å². The third-order valence-electron chi connectivity index (χ3n) is 3.06. The molecule has 11 heteroatoms. The molecule has 2 aromatic carbocycles. The van der Waals surface area contributed by atoms with Crippen molar-refractivity contribution in [3.8, 4) is 5.75 Å². The molecule has 0 spiro atoms. The van der Waals surface area contributed by atoms with E-state index in [2.05, 4.69) is 15.8 Å². The van der Waals surface area contributed by atoms with Crippen molar-refractivity contribution in [3.63, 3.8) is 0 Å². The van der Waals surface area contributed by atoms with E-state index in [1.165, 1.54) is 24.3 Å². The van der Waals surface area contributed by atoms with Crippen molar-refractivity contribution in [1.82, 2.24) is 5.43 Å². The van der Waals surface area contributed by atoms with E-state index in [4.69, 9.17) is 12.2 Å². The average molecular weight is 384 g/mol. The first-order valence-electron chi connectivity index (χ1n) is 6.92. The van der Waals surface area contributed by atoms with Crippen LogP contribution in [0.15, 0.2) is 47.6 Å². The van der Waals surface area contributed by atoms with Gasteiger partial charge in [-0.15, -0.1) is 0 Å². The summed E-state index contributed by atoms with van der Waals surface area (Å²) in [6.45, 7) is 0. The van der Waals surface area contributed by atoms with Crippen LogP contribution in [0.4, 0.5) is 24.5 Å². The van der Waals surface area contributed by atoms with Gasteiger partial charge in [-0.3, -0.25) is 15.5 Å². The Bertz CT molecular complexity index is 871. The van der Waals surface area contributed by atoms with Crippen molar-refractivity contribution in [2.24, 2.45) is 5.10 Å². The number of phenols is 1. The summed E-state index contributed by atoms with van der Waals surface area (Å²) in [5.41, 5.74) is 0.955. The maximum absolute atomic E-state index is 12.9. The van der Waals surface area contributed by atoms with Gasteiger partial charge in [0.05, 0.1) is 22.4 Å². The lowest BCUT2D eigenvalue weighted by atomic mass is 10.2. The molecule has 26 heavy (non-hydrogen) atoms. The third kappa shape index (κ3) is 4.89. The molecule has 136 valence electrons. The van der Waals surface area contributed by atoms with Crippen molar-refractivity contribution >= 4 is 34.9 Å². The molecule has 7 nitrogen and oxygen atoms in total. The Morgan fingerprint density at radius 1 is 1.27 bits per heavy atom. The highest BCUT2D eigenvalue weighted by atomic mass is 32.1. The quantitative estimate of drug-likeness (QED) is 0.322. The van der Waals surface area contributed by atoms with E-state index in [1.54, 1.807) is 0 Å². The summed E-state index contributed by atoms with van der Waals surface area (Å²) >= 11 is 4.87. The van der Waals surface area contributed by atoms with Gasteiger partial charge in [-0.1, -0.05) is 12.1 Å². The molecule has 0 saturated heterocycles. The van der Waals surface area contributed by atoms with Crippen molar-refractivity contribution in [2.45, 2.75) is 6.18 Å². The van der Waals surface area contributed by atoms with E-state index in [1.807, 2.05) is 0 Å². The van der Waals surface area contributed by atoms with Crippen LogP contribution < -0.4 is 10.7 Å². The molecular formula is C15H11F3N4O3S. The first-order valence-corrected chi connectivity index (χ1v) is 7.33. The van der Waals surface area contributed by atoms with E-state index in [9.17, 15) is 28.4 Å². The predicted molar refractivity (Wildman–Crippen MR) is 93.2 cm³/mol. The van der Waals surface area contributed by atoms with Crippen molar-refractivity contribution < 1.29 is 23.2 Å². The van der Waals surface area contributed by atoms with Crippen LogP contribution in [-0.4, -0.2) is 21.4 Å². The number of nitrogens with one attached hydrogen (secondary N) is 2. The van der Waals surface area contributed by atoms with Gasteiger partial charge in [0.15, 0.2) is 10.9 Å². The van der Waals surface area contributed by atoms with Crippen LogP contribution in [0, 0.1) is 10.1 Å². The summed E-state index contributed by atoms with van der Waals surface area (Å²) in [6.07, 6.45) is -3.39. The Labute approximate surface area is 150 Å². The summed E-state index contributed by atoms with van der Waals surface area (Å²) in [5.74, 6) is -0.499. The lowest BCUT2D eigenvalue weighted by Crippen LogP contribution is -2.25. The van der Waals surface area contributed by atoms with E-state index in [-0.39, 0.29) is 16.4 Å². The van der Waals surface area contributed by atoms with Gasteiger partial charge in [0.25, 0.3) is 0 Å². The molecular weight excluding hydrogens is 373 g/mol. The molecule has 0 radical (unpaired) electrons. The number of para-hydroxylation sites is 1. The average Bonchev–Trinajstić information content (AvgIpc) is 2.55. The van der Waals surface area contributed by atoms with E-state index >= 15 is 0 Å². The smallest absolute Gasteiger partial charge is 0.418 e. The third-order valence-corrected chi connectivity index (χ3v) is 3.25. The number of nitro benzene ring substituents is 1. The zero-order valence-corrected chi connectivity index (χ0v) is 13.6. The Morgan fingerprint density at radius 3 is 2.62 bits per heavy atom. The van der Waals surface area contributed by atoms with Gasteiger partial charge in [-0.05, 0) is 36.5 Å². The monoisotopic (exact) mass is 384 g/mol. The minimum absolute atomic E-state index is 0.203. The fourth-order valence-electron chi connectivity index (χ4n) is 1.92. The molecule has 3 N–H and O–H groups in total. The Hall–Kier alpha value is -3.21. The standard InChI is InChI=1S/C15H11F3N4O3S/c16-15(17,18)10-3-1-2-4-11(10)20-14(26)21-19-8-9-5-6-13(23)12(7-9)22(24)25/h1-8,23H,(H2,20,21,26)/b19-8+. The number of thiocarbonyl (C=S) groups is 1. The highest BCUT2D eigenvalue weighted by Gasteiger charge is 2.33. The number of phenolic OH excluding ortho intramolecular Hbond substituents is 1. The molecule has 0 heterocycles. The summed E-state index contributed by atoms with van der Waals surface area (Å²) in [5, 5.41) is 26.0. The lowest BCUT2D eigenvalue weighted by molar-refractivity contribution is -0.385. The molecule has 0 aliphatic rings. The molecule has 2 aromatic rings. The van der Waals surface area contributed by atoms with Gasteiger partial charge in [-0.25, -0.2) is 0 Å². The van der Waals surface area contributed by atoms with Crippen LogP contribution in [-0.2, 0) is 6.18 Å². The highest BCUT2D eigenvalue weighted by molar-refractivity contribution is 7.80. The SMILES string of the molecule is O=[N+]([O-])c1cc(/C=N/NC(=S)Nc2ccccc2C(F)(F)F)ccc1O. The van der Waals surface area contributed by atoms with Crippen molar-refractivity contribution in [2.75, 3.05) is 5.32 Å². The van der Waals surface area contributed by atoms with Gasteiger partial charge in [0.2, 0.25) is 0 Å². The first-order chi connectivity index (χ1) is 12.2. The number of rotatable bonds is 4. The maximum Gasteiger partial charge on any atom is 0.418 e. The fraction of sp³-hybridized carbons (Fsp3) is 0.0667. The number of hydrogen-bond acceptors (Lipinski definition) is 5. The molecule has 0 aliphatic heterocycles. The molecule has 0 aliphatic carbocycles. The van der Waals surface area contributed by atoms with Gasteiger partial charge in [-0.2, -0.15) is 18.3 Å². The van der Waals surface area contributed by atoms with Gasteiger partial charge < -0.3 is 10.4 Å². The summed E-state index contributed by atoms with van der Waals surface area (Å²) < 4.78 is 38.7. The van der Waals surface area contributed by atoms with E-state index in [0.717, 1.165) is 24.4 Å². The number of anilines is 1. The second-order valence-corrected chi connectivity index (χ2v) is 5.28. The number of halogens is 3. The summed E-state index contributed by atoms with van der Waals surface area (Å²) in [4.78, 5) is 9.97.